The van der Waals surface area contributed by atoms with Gasteiger partial charge in [0.1, 0.15) is 0 Å². The summed E-state index contributed by atoms with van der Waals surface area (Å²) < 4.78 is 5.46. The summed E-state index contributed by atoms with van der Waals surface area (Å²) >= 11 is 0. The number of nitrogens with one attached hydrogen (secondary N) is 4. The highest BCUT2D eigenvalue weighted by molar-refractivity contribution is 6.23. The van der Waals surface area contributed by atoms with E-state index in [9.17, 15) is 24.0 Å². The quantitative estimate of drug-likeness (QED) is 0.439. The Morgan fingerprint density at radius 2 is 1.60 bits per heavy atom. The van der Waals surface area contributed by atoms with Crippen molar-refractivity contribution in [2.75, 3.05) is 0 Å². The SMILES string of the molecule is O=C1NC(=O)C2(Oc3[nH]c(=O)[nH]c(=O)c3C2c2ccncc2)C(=O)N1. The van der Waals surface area contributed by atoms with Crippen LogP contribution in [0, 0.1) is 0 Å². The molecule has 4 heterocycles. The highest BCUT2D eigenvalue weighted by atomic mass is 16.5. The molecule has 1 fully saturated rings. The largest absolute Gasteiger partial charge is 0.451 e. The molecule has 1 unspecified atom stereocenters. The van der Waals surface area contributed by atoms with E-state index in [1.807, 2.05) is 15.6 Å². The van der Waals surface area contributed by atoms with Gasteiger partial charge in [0.25, 0.3) is 23.0 Å². The van der Waals surface area contributed by atoms with Crippen molar-refractivity contribution >= 4 is 17.8 Å². The summed E-state index contributed by atoms with van der Waals surface area (Å²) in [6.07, 6.45) is 2.81. The number of urea groups is 1. The van der Waals surface area contributed by atoms with Crippen molar-refractivity contribution in [3.05, 3.63) is 56.5 Å². The van der Waals surface area contributed by atoms with Gasteiger partial charge in [-0.05, 0) is 17.7 Å². The highest BCUT2D eigenvalue weighted by Crippen LogP contribution is 2.46. The molecule has 4 amide bonds. The van der Waals surface area contributed by atoms with Gasteiger partial charge >= 0.3 is 11.7 Å². The molecule has 2 aromatic heterocycles. The monoisotopic (exact) mass is 343 g/mol. The van der Waals surface area contributed by atoms with E-state index in [2.05, 4.69) is 9.97 Å². The number of nitrogens with zero attached hydrogens (tertiary/aromatic N) is 1. The Hall–Kier alpha value is -3.76. The lowest BCUT2D eigenvalue weighted by molar-refractivity contribution is -0.151. The van der Waals surface area contributed by atoms with Gasteiger partial charge in [-0.3, -0.25) is 40.0 Å². The Bertz CT molecular complexity index is 1020. The lowest BCUT2D eigenvalue weighted by Gasteiger charge is -2.33. The Morgan fingerprint density at radius 1 is 0.960 bits per heavy atom. The smallest absolute Gasteiger partial charge is 0.328 e. The van der Waals surface area contributed by atoms with Gasteiger partial charge in [0.15, 0.2) is 0 Å². The molecule has 1 saturated heterocycles. The van der Waals surface area contributed by atoms with E-state index in [-0.39, 0.29) is 11.4 Å². The van der Waals surface area contributed by atoms with Gasteiger partial charge in [0, 0.05) is 12.4 Å². The first-order valence-electron chi connectivity index (χ1n) is 7.06. The fourth-order valence-corrected chi connectivity index (χ4v) is 3.08. The topological polar surface area (TPSA) is 163 Å². The van der Waals surface area contributed by atoms with Crippen molar-refractivity contribution in [2.24, 2.45) is 0 Å². The molecular formula is C14H9N5O6. The molecule has 11 heteroatoms. The second-order valence-electron chi connectivity index (χ2n) is 5.44. The predicted molar refractivity (Wildman–Crippen MR) is 78.8 cm³/mol. The zero-order valence-electron chi connectivity index (χ0n) is 12.3. The molecule has 126 valence electrons. The number of amides is 4. The molecule has 0 aliphatic carbocycles. The van der Waals surface area contributed by atoms with Crippen LogP contribution in [-0.4, -0.2) is 38.4 Å². The van der Waals surface area contributed by atoms with E-state index in [1.54, 1.807) is 0 Å². The van der Waals surface area contributed by atoms with E-state index in [1.165, 1.54) is 24.5 Å². The van der Waals surface area contributed by atoms with E-state index < -0.39 is 40.6 Å². The number of pyridine rings is 1. The van der Waals surface area contributed by atoms with Crippen LogP contribution in [0.25, 0.3) is 0 Å². The minimum Gasteiger partial charge on any atom is -0.451 e. The van der Waals surface area contributed by atoms with Crippen LogP contribution < -0.4 is 26.6 Å². The van der Waals surface area contributed by atoms with Crippen LogP contribution in [0.15, 0.2) is 34.1 Å². The standard InChI is InChI=1S/C14H9N5O6/c20-8-6-7(5-1-3-15-4-2-5)14(25-9(6)17-12(23)16-8)10(21)18-13(24)19-11(14)22/h1-4,7H,(H2,16,17,20,23)(H2,18,19,21,22,24). The summed E-state index contributed by atoms with van der Waals surface area (Å²) in [6.45, 7) is 0. The highest BCUT2D eigenvalue weighted by Gasteiger charge is 2.64. The first-order chi connectivity index (χ1) is 11.9. The van der Waals surface area contributed by atoms with Crippen molar-refractivity contribution < 1.29 is 19.1 Å². The molecule has 0 radical (unpaired) electrons. The summed E-state index contributed by atoms with van der Waals surface area (Å²) in [7, 11) is 0. The average Bonchev–Trinajstić information content (AvgIpc) is 2.90. The van der Waals surface area contributed by atoms with Gasteiger partial charge < -0.3 is 4.74 Å². The van der Waals surface area contributed by atoms with Crippen molar-refractivity contribution in [1.29, 1.82) is 0 Å². The van der Waals surface area contributed by atoms with Crippen molar-refractivity contribution in [1.82, 2.24) is 25.6 Å². The summed E-state index contributed by atoms with van der Waals surface area (Å²) in [5, 5.41) is 3.91. The van der Waals surface area contributed by atoms with Gasteiger partial charge in [0.2, 0.25) is 5.88 Å². The molecule has 4 N–H and O–H groups in total. The third-order valence-corrected chi connectivity index (χ3v) is 4.07. The van der Waals surface area contributed by atoms with Crippen LogP contribution in [0.2, 0.25) is 0 Å². The number of fused-ring (bicyclic) bond motifs is 1. The molecule has 0 bridgehead atoms. The fraction of sp³-hybridized carbons (Fsp3) is 0.143. The second-order valence-corrected chi connectivity index (χ2v) is 5.44. The van der Waals surface area contributed by atoms with Gasteiger partial charge in [-0.2, -0.15) is 0 Å². The number of H-pyrrole nitrogens is 2. The number of carbonyl (C=O) groups is 3. The summed E-state index contributed by atoms with van der Waals surface area (Å²) in [5.41, 5.74) is -3.66. The number of imide groups is 2. The number of aromatic amines is 2. The van der Waals surface area contributed by atoms with Crippen LogP contribution in [0.5, 0.6) is 5.88 Å². The van der Waals surface area contributed by atoms with E-state index in [0.717, 1.165) is 0 Å². The molecule has 2 aliphatic rings. The van der Waals surface area contributed by atoms with Crippen LogP contribution in [0.4, 0.5) is 4.79 Å². The first kappa shape index (κ1) is 14.8. The van der Waals surface area contributed by atoms with E-state index >= 15 is 0 Å². The van der Waals surface area contributed by atoms with E-state index in [0.29, 0.717) is 5.56 Å². The number of rotatable bonds is 1. The van der Waals surface area contributed by atoms with Gasteiger partial charge in [-0.1, -0.05) is 0 Å². The zero-order valence-corrected chi connectivity index (χ0v) is 12.3. The molecule has 25 heavy (non-hydrogen) atoms. The third kappa shape index (κ3) is 1.92. The molecule has 0 aromatic carbocycles. The van der Waals surface area contributed by atoms with Crippen molar-refractivity contribution in [3.63, 3.8) is 0 Å². The Morgan fingerprint density at radius 3 is 2.24 bits per heavy atom. The van der Waals surface area contributed by atoms with Crippen LogP contribution in [0.3, 0.4) is 0 Å². The Balaban J connectivity index is 2.03. The van der Waals surface area contributed by atoms with Crippen molar-refractivity contribution in [2.45, 2.75) is 11.5 Å². The Kier molecular flexibility index (Phi) is 2.88. The van der Waals surface area contributed by atoms with Crippen LogP contribution >= 0.6 is 0 Å². The molecular weight excluding hydrogens is 334 g/mol. The lowest BCUT2D eigenvalue weighted by atomic mass is 9.78. The average molecular weight is 343 g/mol. The van der Waals surface area contributed by atoms with Crippen LogP contribution in [-0.2, 0) is 9.59 Å². The van der Waals surface area contributed by atoms with Gasteiger partial charge in [0.05, 0.1) is 11.5 Å². The maximum atomic E-state index is 12.5. The number of aromatic nitrogens is 3. The second kappa shape index (κ2) is 4.87. The van der Waals surface area contributed by atoms with Crippen molar-refractivity contribution in [3.8, 4) is 5.88 Å². The molecule has 1 atom stereocenters. The maximum Gasteiger partial charge on any atom is 0.328 e. The Labute approximate surface area is 137 Å². The van der Waals surface area contributed by atoms with E-state index in [4.69, 9.17) is 4.74 Å². The minimum atomic E-state index is -2.26. The molecule has 2 aliphatic heterocycles. The number of carbonyl (C=O) groups excluding carboxylic acids is 3. The summed E-state index contributed by atoms with van der Waals surface area (Å²) in [5.74, 6) is -3.59. The molecule has 4 rings (SSSR count). The number of hydrogen-bond donors (Lipinski definition) is 4. The molecule has 2 aromatic rings. The molecule has 0 saturated carbocycles. The minimum absolute atomic E-state index is 0.106. The third-order valence-electron chi connectivity index (χ3n) is 4.07. The summed E-state index contributed by atoms with van der Waals surface area (Å²) in [6, 6.07) is 1.98. The van der Waals surface area contributed by atoms with Crippen LogP contribution in [0.1, 0.15) is 17.0 Å². The summed E-state index contributed by atoms with van der Waals surface area (Å²) in [4.78, 5) is 68.5. The molecule has 11 nitrogen and oxygen atoms in total. The van der Waals surface area contributed by atoms with Gasteiger partial charge in [-0.15, -0.1) is 0 Å². The predicted octanol–water partition coefficient (Wildman–Crippen LogP) is -1.91. The number of barbiturate groups is 1. The zero-order chi connectivity index (χ0) is 17.8. The number of ether oxygens (including phenoxy) is 1. The fourth-order valence-electron chi connectivity index (χ4n) is 3.08. The van der Waals surface area contributed by atoms with Gasteiger partial charge in [-0.25, -0.2) is 9.59 Å². The normalized spacial score (nSPS) is 20.6. The number of hydrogen-bond acceptors (Lipinski definition) is 7. The maximum absolute atomic E-state index is 12.5. The lowest BCUT2D eigenvalue weighted by Crippen LogP contribution is -2.70. The first-order valence-corrected chi connectivity index (χ1v) is 7.06. The molecule has 1 spiro atoms.